The van der Waals surface area contributed by atoms with Gasteiger partial charge >= 0.3 is 0 Å². The first-order valence-corrected chi connectivity index (χ1v) is 2.97. The molecule has 0 atom stereocenters. The normalized spacial score (nSPS) is 15.4. The minimum absolute atomic E-state index is 0.114. The standard InChI is InChI=1S/C7H8N2O/c1-2-7(10)6-5-8-3-4-9-6/h2-3,5,9H,1,4H2. The van der Waals surface area contributed by atoms with Crippen LogP contribution in [0.5, 0.6) is 0 Å². The van der Waals surface area contributed by atoms with Crippen molar-refractivity contribution in [3.63, 3.8) is 0 Å². The van der Waals surface area contributed by atoms with Crippen molar-refractivity contribution in [3.8, 4) is 0 Å². The number of nitrogens with one attached hydrogen (secondary N) is 1. The minimum Gasteiger partial charge on any atom is -0.376 e. The Kier molecular flexibility index (Phi) is 1.99. The second-order valence-corrected chi connectivity index (χ2v) is 1.82. The molecule has 0 saturated heterocycles. The van der Waals surface area contributed by atoms with Gasteiger partial charge in [0.05, 0.1) is 12.7 Å². The van der Waals surface area contributed by atoms with E-state index in [1.54, 1.807) is 6.21 Å². The SMILES string of the molecule is C=CC(=O)C1=CN=CCN1. The molecule has 3 heteroatoms. The lowest BCUT2D eigenvalue weighted by Crippen LogP contribution is -2.23. The maximum absolute atomic E-state index is 10.8. The van der Waals surface area contributed by atoms with Crippen molar-refractivity contribution in [1.29, 1.82) is 0 Å². The van der Waals surface area contributed by atoms with Gasteiger partial charge in [0.1, 0.15) is 5.70 Å². The summed E-state index contributed by atoms with van der Waals surface area (Å²) < 4.78 is 0. The quantitative estimate of drug-likeness (QED) is 0.553. The summed E-state index contributed by atoms with van der Waals surface area (Å²) in [6, 6.07) is 0. The lowest BCUT2D eigenvalue weighted by molar-refractivity contribution is -0.111. The second kappa shape index (κ2) is 2.96. The maximum atomic E-state index is 10.8. The van der Waals surface area contributed by atoms with Gasteiger partial charge in [-0.05, 0) is 6.08 Å². The van der Waals surface area contributed by atoms with Gasteiger partial charge in [0, 0.05) is 6.21 Å². The Labute approximate surface area is 59.2 Å². The van der Waals surface area contributed by atoms with Crippen LogP contribution in [0.25, 0.3) is 0 Å². The van der Waals surface area contributed by atoms with Gasteiger partial charge in [-0.25, -0.2) is 0 Å². The number of ketones is 1. The predicted molar refractivity (Wildman–Crippen MR) is 39.8 cm³/mol. The molecular formula is C7H8N2O. The number of aliphatic imine (C=N–C) groups is 1. The van der Waals surface area contributed by atoms with E-state index in [-0.39, 0.29) is 5.78 Å². The third-order valence-corrected chi connectivity index (χ3v) is 1.14. The molecule has 0 bridgehead atoms. The summed E-state index contributed by atoms with van der Waals surface area (Å²) in [5, 5.41) is 2.86. The van der Waals surface area contributed by atoms with E-state index in [2.05, 4.69) is 16.9 Å². The predicted octanol–water partition coefficient (Wildman–Crippen LogP) is 0.257. The van der Waals surface area contributed by atoms with Crippen LogP contribution in [0.2, 0.25) is 0 Å². The zero-order chi connectivity index (χ0) is 7.40. The van der Waals surface area contributed by atoms with E-state index in [0.29, 0.717) is 12.2 Å². The summed E-state index contributed by atoms with van der Waals surface area (Å²) in [6.07, 6.45) is 4.45. The van der Waals surface area contributed by atoms with Gasteiger partial charge < -0.3 is 5.32 Å². The number of hydrogen-bond donors (Lipinski definition) is 1. The Morgan fingerprint density at radius 2 is 2.70 bits per heavy atom. The van der Waals surface area contributed by atoms with Crippen LogP contribution in [-0.2, 0) is 4.79 Å². The second-order valence-electron chi connectivity index (χ2n) is 1.82. The van der Waals surface area contributed by atoms with E-state index < -0.39 is 0 Å². The third kappa shape index (κ3) is 1.31. The van der Waals surface area contributed by atoms with E-state index in [1.165, 1.54) is 12.3 Å². The zero-order valence-corrected chi connectivity index (χ0v) is 5.50. The van der Waals surface area contributed by atoms with Crippen molar-refractivity contribution in [3.05, 3.63) is 24.6 Å². The first-order valence-electron chi connectivity index (χ1n) is 2.97. The van der Waals surface area contributed by atoms with Crippen LogP contribution in [-0.4, -0.2) is 18.5 Å². The Hall–Kier alpha value is -1.38. The van der Waals surface area contributed by atoms with Crippen LogP contribution in [0, 0.1) is 0 Å². The topological polar surface area (TPSA) is 41.5 Å². The summed E-state index contributed by atoms with van der Waals surface area (Å²) in [6.45, 7) is 3.97. The van der Waals surface area contributed by atoms with E-state index >= 15 is 0 Å². The lowest BCUT2D eigenvalue weighted by Gasteiger charge is -2.06. The summed E-state index contributed by atoms with van der Waals surface area (Å²) >= 11 is 0. The van der Waals surface area contributed by atoms with Gasteiger partial charge in [-0.1, -0.05) is 6.58 Å². The van der Waals surface area contributed by atoms with Crippen molar-refractivity contribution >= 4 is 12.0 Å². The van der Waals surface area contributed by atoms with Gasteiger partial charge in [-0.15, -0.1) is 0 Å². The molecule has 0 radical (unpaired) electrons. The van der Waals surface area contributed by atoms with Crippen molar-refractivity contribution in [1.82, 2.24) is 5.32 Å². The molecule has 0 aromatic rings. The molecule has 0 saturated carbocycles. The molecule has 0 aromatic carbocycles. The molecular weight excluding hydrogens is 128 g/mol. The van der Waals surface area contributed by atoms with Gasteiger partial charge in [0.25, 0.3) is 0 Å². The highest BCUT2D eigenvalue weighted by molar-refractivity contribution is 6.03. The molecule has 0 unspecified atom stereocenters. The van der Waals surface area contributed by atoms with E-state index in [0.717, 1.165) is 0 Å². The first-order chi connectivity index (χ1) is 4.84. The van der Waals surface area contributed by atoms with Crippen LogP contribution >= 0.6 is 0 Å². The highest BCUT2D eigenvalue weighted by atomic mass is 16.1. The number of hydrogen-bond acceptors (Lipinski definition) is 3. The monoisotopic (exact) mass is 136 g/mol. The largest absolute Gasteiger partial charge is 0.376 e. The average molecular weight is 136 g/mol. The van der Waals surface area contributed by atoms with Crippen molar-refractivity contribution in [2.75, 3.05) is 6.54 Å². The molecule has 0 amide bonds. The highest BCUT2D eigenvalue weighted by Crippen LogP contribution is 1.95. The fourth-order valence-corrected chi connectivity index (χ4v) is 0.642. The average Bonchev–Trinajstić information content (AvgIpc) is 2.05. The fraction of sp³-hybridized carbons (Fsp3) is 0.143. The summed E-state index contributed by atoms with van der Waals surface area (Å²) in [5.74, 6) is -0.114. The smallest absolute Gasteiger partial charge is 0.202 e. The molecule has 1 aliphatic rings. The van der Waals surface area contributed by atoms with Gasteiger partial charge in [-0.3, -0.25) is 9.79 Å². The van der Waals surface area contributed by atoms with Crippen LogP contribution in [0.3, 0.4) is 0 Å². The van der Waals surface area contributed by atoms with Gasteiger partial charge in [0.15, 0.2) is 0 Å². The Morgan fingerprint density at radius 1 is 1.90 bits per heavy atom. The number of carbonyl (C=O) groups excluding carboxylic acids is 1. The molecule has 1 rings (SSSR count). The highest BCUT2D eigenvalue weighted by Gasteiger charge is 2.04. The molecule has 0 fully saturated rings. The molecule has 52 valence electrons. The number of carbonyl (C=O) groups is 1. The minimum atomic E-state index is -0.114. The van der Waals surface area contributed by atoms with Crippen LogP contribution in [0.4, 0.5) is 0 Å². The number of rotatable bonds is 2. The summed E-state index contributed by atoms with van der Waals surface area (Å²) in [5.41, 5.74) is 0.512. The fourth-order valence-electron chi connectivity index (χ4n) is 0.642. The lowest BCUT2D eigenvalue weighted by atomic mass is 10.3. The van der Waals surface area contributed by atoms with Gasteiger partial charge in [-0.2, -0.15) is 0 Å². The van der Waals surface area contributed by atoms with Crippen LogP contribution in [0.1, 0.15) is 0 Å². The maximum Gasteiger partial charge on any atom is 0.202 e. The molecule has 1 aliphatic heterocycles. The molecule has 0 aliphatic carbocycles. The molecule has 0 aromatic heterocycles. The zero-order valence-electron chi connectivity index (χ0n) is 5.50. The first kappa shape index (κ1) is 6.74. The number of nitrogens with zero attached hydrogens (tertiary/aromatic N) is 1. The molecule has 1 N–H and O–H groups in total. The van der Waals surface area contributed by atoms with Crippen molar-refractivity contribution < 1.29 is 4.79 Å². The Bertz CT molecular complexity index is 216. The van der Waals surface area contributed by atoms with Crippen LogP contribution < -0.4 is 5.32 Å². The molecule has 3 nitrogen and oxygen atoms in total. The van der Waals surface area contributed by atoms with Crippen molar-refractivity contribution in [2.24, 2.45) is 4.99 Å². The summed E-state index contributed by atoms with van der Waals surface area (Å²) in [4.78, 5) is 14.7. The van der Waals surface area contributed by atoms with Gasteiger partial charge in [0.2, 0.25) is 5.78 Å². The summed E-state index contributed by atoms with van der Waals surface area (Å²) in [7, 11) is 0. The van der Waals surface area contributed by atoms with Crippen molar-refractivity contribution in [2.45, 2.75) is 0 Å². The molecule has 10 heavy (non-hydrogen) atoms. The van der Waals surface area contributed by atoms with E-state index in [9.17, 15) is 4.79 Å². The molecule has 1 heterocycles. The van der Waals surface area contributed by atoms with E-state index in [4.69, 9.17) is 0 Å². The Balaban J connectivity index is 2.71. The molecule has 0 spiro atoms. The number of allylic oxidation sites excluding steroid dienone is 1. The van der Waals surface area contributed by atoms with Crippen LogP contribution in [0.15, 0.2) is 29.5 Å². The Morgan fingerprint density at radius 3 is 3.20 bits per heavy atom. The third-order valence-electron chi connectivity index (χ3n) is 1.14. The van der Waals surface area contributed by atoms with E-state index in [1.807, 2.05) is 0 Å².